The quantitative estimate of drug-likeness (QED) is 0.513. The van der Waals surface area contributed by atoms with Gasteiger partial charge in [0.15, 0.2) is 0 Å². The second kappa shape index (κ2) is 4.85. The lowest BCUT2D eigenvalue weighted by molar-refractivity contribution is 0.0600. The SMILES string of the molecule is COC(=O)c1ccc(NNC(=O)O)cc1. The number of ether oxygens (including phenoxy) is 1. The van der Waals surface area contributed by atoms with Crippen molar-refractivity contribution in [2.45, 2.75) is 0 Å². The largest absolute Gasteiger partial charge is 0.465 e. The van der Waals surface area contributed by atoms with Crippen LogP contribution in [-0.4, -0.2) is 24.3 Å². The van der Waals surface area contributed by atoms with Crippen LogP contribution in [0.25, 0.3) is 0 Å². The zero-order valence-electron chi connectivity index (χ0n) is 7.98. The molecule has 0 radical (unpaired) electrons. The molecule has 0 unspecified atom stereocenters. The van der Waals surface area contributed by atoms with Gasteiger partial charge in [0.05, 0.1) is 18.4 Å². The van der Waals surface area contributed by atoms with Crippen LogP contribution in [0.3, 0.4) is 0 Å². The van der Waals surface area contributed by atoms with Gasteiger partial charge in [-0.1, -0.05) is 0 Å². The van der Waals surface area contributed by atoms with E-state index >= 15 is 0 Å². The third-order valence-corrected chi connectivity index (χ3v) is 1.62. The van der Waals surface area contributed by atoms with Crippen molar-refractivity contribution in [3.8, 4) is 0 Å². The maximum Gasteiger partial charge on any atom is 0.423 e. The average Bonchev–Trinajstić information content (AvgIpc) is 2.26. The summed E-state index contributed by atoms with van der Waals surface area (Å²) in [4.78, 5) is 21.2. The number of carboxylic acid groups (broad SMARTS) is 1. The molecule has 6 heteroatoms. The number of rotatable bonds is 3. The summed E-state index contributed by atoms with van der Waals surface area (Å²) in [5.41, 5.74) is 5.34. The molecule has 3 N–H and O–H groups in total. The van der Waals surface area contributed by atoms with E-state index in [0.29, 0.717) is 11.3 Å². The Morgan fingerprint density at radius 2 is 1.87 bits per heavy atom. The molecule has 0 spiro atoms. The molecule has 0 aliphatic carbocycles. The second-order valence-corrected chi connectivity index (χ2v) is 2.62. The fourth-order valence-electron chi connectivity index (χ4n) is 0.933. The zero-order valence-corrected chi connectivity index (χ0v) is 7.98. The lowest BCUT2D eigenvalue weighted by Crippen LogP contribution is -2.27. The predicted molar refractivity (Wildman–Crippen MR) is 52.6 cm³/mol. The summed E-state index contributed by atoms with van der Waals surface area (Å²) in [5, 5.41) is 8.31. The summed E-state index contributed by atoms with van der Waals surface area (Å²) in [6, 6.07) is 6.17. The zero-order chi connectivity index (χ0) is 11.3. The van der Waals surface area contributed by atoms with E-state index in [1.54, 1.807) is 12.1 Å². The molecule has 0 aromatic heterocycles. The standard InChI is InChI=1S/C9H10N2O4/c1-15-8(12)6-2-4-7(5-3-6)10-11-9(13)14/h2-5,10-11H,1H3,(H,13,14). The number of benzene rings is 1. The molecule has 0 saturated heterocycles. The van der Waals surface area contributed by atoms with Crippen LogP contribution in [0, 0.1) is 0 Å². The van der Waals surface area contributed by atoms with Crippen LogP contribution in [0.1, 0.15) is 10.4 Å². The van der Waals surface area contributed by atoms with Crippen molar-refractivity contribution >= 4 is 17.7 Å². The minimum Gasteiger partial charge on any atom is -0.465 e. The summed E-state index contributed by atoms with van der Waals surface area (Å²) in [5.74, 6) is -0.437. The van der Waals surface area contributed by atoms with Crippen molar-refractivity contribution in [2.24, 2.45) is 0 Å². The van der Waals surface area contributed by atoms with Gasteiger partial charge in [0.2, 0.25) is 0 Å². The lowest BCUT2D eigenvalue weighted by Gasteiger charge is -2.05. The molecule has 0 aliphatic heterocycles. The molecule has 6 nitrogen and oxygen atoms in total. The highest BCUT2D eigenvalue weighted by Crippen LogP contribution is 2.08. The van der Waals surface area contributed by atoms with Crippen LogP contribution < -0.4 is 10.9 Å². The van der Waals surface area contributed by atoms with Crippen molar-refractivity contribution < 1.29 is 19.4 Å². The summed E-state index contributed by atoms with van der Waals surface area (Å²) in [6.45, 7) is 0. The third kappa shape index (κ3) is 3.18. The van der Waals surface area contributed by atoms with E-state index in [-0.39, 0.29) is 0 Å². The Morgan fingerprint density at radius 3 is 2.33 bits per heavy atom. The van der Waals surface area contributed by atoms with Crippen LogP contribution in [0.5, 0.6) is 0 Å². The number of nitrogens with one attached hydrogen (secondary N) is 2. The molecule has 0 atom stereocenters. The summed E-state index contributed by atoms with van der Waals surface area (Å²) < 4.78 is 4.51. The van der Waals surface area contributed by atoms with Crippen LogP contribution in [0.2, 0.25) is 0 Å². The normalized spacial score (nSPS) is 9.13. The van der Waals surface area contributed by atoms with Gasteiger partial charge in [0.1, 0.15) is 0 Å². The first-order valence-corrected chi connectivity index (χ1v) is 4.07. The third-order valence-electron chi connectivity index (χ3n) is 1.62. The van der Waals surface area contributed by atoms with Gasteiger partial charge >= 0.3 is 12.1 Å². The first-order valence-electron chi connectivity index (χ1n) is 4.07. The minimum atomic E-state index is -1.19. The van der Waals surface area contributed by atoms with Gasteiger partial charge in [-0.25, -0.2) is 15.0 Å². The number of amides is 1. The van der Waals surface area contributed by atoms with Gasteiger partial charge in [0, 0.05) is 0 Å². The Morgan fingerprint density at radius 1 is 1.27 bits per heavy atom. The number of anilines is 1. The fourth-order valence-corrected chi connectivity index (χ4v) is 0.933. The number of hydrogen-bond acceptors (Lipinski definition) is 4. The van der Waals surface area contributed by atoms with E-state index in [2.05, 4.69) is 10.2 Å². The molecule has 0 heterocycles. The Labute approximate surface area is 85.8 Å². The van der Waals surface area contributed by atoms with Gasteiger partial charge in [-0.05, 0) is 24.3 Å². The van der Waals surface area contributed by atoms with Gasteiger partial charge < -0.3 is 9.84 Å². The van der Waals surface area contributed by atoms with Crippen molar-refractivity contribution in [3.63, 3.8) is 0 Å². The van der Waals surface area contributed by atoms with Crippen molar-refractivity contribution in [1.82, 2.24) is 5.43 Å². The molecule has 15 heavy (non-hydrogen) atoms. The van der Waals surface area contributed by atoms with Crippen LogP contribution in [0.4, 0.5) is 10.5 Å². The van der Waals surface area contributed by atoms with Gasteiger partial charge in [-0.2, -0.15) is 0 Å². The number of hydrogen-bond donors (Lipinski definition) is 3. The summed E-state index contributed by atoms with van der Waals surface area (Å²) in [6.07, 6.45) is -1.19. The number of hydrazine groups is 1. The molecule has 80 valence electrons. The molecule has 1 amide bonds. The number of carbonyl (C=O) groups is 2. The molecule has 1 rings (SSSR count). The van der Waals surface area contributed by atoms with Crippen LogP contribution in [-0.2, 0) is 4.74 Å². The highest BCUT2D eigenvalue weighted by Gasteiger charge is 2.03. The molecule has 0 bridgehead atoms. The first-order chi connectivity index (χ1) is 7.13. The monoisotopic (exact) mass is 210 g/mol. The molecule has 0 fully saturated rings. The molecule has 0 saturated carbocycles. The van der Waals surface area contributed by atoms with E-state index in [9.17, 15) is 9.59 Å². The Kier molecular flexibility index (Phi) is 3.50. The smallest absolute Gasteiger partial charge is 0.423 e. The predicted octanol–water partition coefficient (Wildman–Crippen LogP) is 1.07. The number of carbonyl (C=O) groups excluding carboxylic acids is 1. The Bertz CT molecular complexity index is 361. The fraction of sp³-hybridized carbons (Fsp3) is 0.111. The Hall–Kier alpha value is -2.24. The van der Waals surface area contributed by atoms with E-state index in [0.717, 1.165) is 0 Å². The van der Waals surface area contributed by atoms with Crippen molar-refractivity contribution in [2.75, 3.05) is 12.5 Å². The van der Waals surface area contributed by atoms with Crippen molar-refractivity contribution in [1.29, 1.82) is 0 Å². The maximum atomic E-state index is 11.0. The molecule has 1 aromatic carbocycles. The van der Waals surface area contributed by atoms with E-state index in [1.807, 2.05) is 5.43 Å². The molecule has 0 aliphatic rings. The Balaban J connectivity index is 2.64. The van der Waals surface area contributed by atoms with E-state index in [1.165, 1.54) is 19.2 Å². The van der Waals surface area contributed by atoms with Crippen LogP contribution >= 0.6 is 0 Å². The molecular formula is C9H10N2O4. The molecule has 1 aromatic rings. The average molecular weight is 210 g/mol. The van der Waals surface area contributed by atoms with Gasteiger partial charge in [0.25, 0.3) is 0 Å². The highest BCUT2D eigenvalue weighted by molar-refractivity contribution is 5.89. The van der Waals surface area contributed by atoms with Crippen molar-refractivity contribution in [3.05, 3.63) is 29.8 Å². The van der Waals surface area contributed by atoms with Crippen LogP contribution in [0.15, 0.2) is 24.3 Å². The first kappa shape index (κ1) is 10.8. The number of methoxy groups -OCH3 is 1. The second-order valence-electron chi connectivity index (χ2n) is 2.62. The van der Waals surface area contributed by atoms with E-state index in [4.69, 9.17) is 5.11 Å². The maximum absolute atomic E-state index is 11.0. The van der Waals surface area contributed by atoms with Gasteiger partial charge in [-0.15, -0.1) is 0 Å². The topological polar surface area (TPSA) is 87.7 Å². The highest BCUT2D eigenvalue weighted by atomic mass is 16.5. The van der Waals surface area contributed by atoms with Gasteiger partial charge in [-0.3, -0.25) is 5.43 Å². The number of esters is 1. The van der Waals surface area contributed by atoms with E-state index < -0.39 is 12.1 Å². The summed E-state index contributed by atoms with van der Waals surface area (Å²) in [7, 11) is 1.29. The molecular weight excluding hydrogens is 200 g/mol. The summed E-state index contributed by atoms with van der Waals surface area (Å²) >= 11 is 0. The lowest BCUT2D eigenvalue weighted by atomic mass is 10.2. The minimum absolute atomic E-state index is 0.401.